The molecule has 1 heterocycles. The number of alkyl carbamates (subject to hydrolysis) is 1. The van der Waals surface area contributed by atoms with Crippen LogP contribution in [-0.2, 0) is 11.3 Å². The number of likely N-dealkylation sites (tertiary alicyclic amines) is 1. The van der Waals surface area contributed by atoms with Gasteiger partial charge in [0.15, 0.2) is 0 Å². The van der Waals surface area contributed by atoms with Gasteiger partial charge in [0.05, 0.1) is 16.7 Å². The normalized spacial score (nSPS) is 16.1. The van der Waals surface area contributed by atoms with Crippen LogP contribution in [-0.4, -0.2) is 37.2 Å². The Bertz CT molecular complexity index is 824. The maximum Gasteiger partial charge on any atom is 0.407 e. The van der Waals surface area contributed by atoms with E-state index in [2.05, 4.69) is 40.5 Å². The van der Waals surface area contributed by atoms with Crippen LogP contribution >= 0.6 is 23.2 Å². The van der Waals surface area contributed by atoms with Gasteiger partial charge in [-0.15, -0.1) is 0 Å². The summed E-state index contributed by atoms with van der Waals surface area (Å²) in [5.74, 6) is 0.890. The average molecular weight is 463 g/mol. The second kappa shape index (κ2) is 12.3. The minimum atomic E-state index is -0.373. The second-order valence-electron chi connectivity index (χ2n) is 8.25. The van der Waals surface area contributed by atoms with Gasteiger partial charge in [-0.1, -0.05) is 59.6 Å². The Morgan fingerprint density at radius 3 is 2.55 bits per heavy atom. The lowest BCUT2D eigenvalue weighted by molar-refractivity contribution is 0.150. The molecule has 1 fully saturated rings. The zero-order valence-corrected chi connectivity index (χ0v) is 19.7. The second-order valence-corrected chi connectivity index (χ2v) is 9.07. The molecule has 2 aromatic rings. The highest BCUT2D eigenvalue weighted by molar-refractivity contribution is 6.42. The summed E-state index contributed by atoms with van der Waals surface area (Å²) in [6, 6.07) is 16.4. The van der Waals surface area contributed by atoms with Gasteiger partial charge in [0.25, 0.3) is 0 Å². The summed E-state index contributed by atoms with van der Waals surface area (Å²) >= 11 is 12.4. The molecule has 6 heteroatoms. The minimum Gasteiger partial charge on any atom is -0.450 e. The zero-order chi connectivity index (χ0) is 22.1. The molecule has 1 N–H and O–H groups in total. The Labute approximate surface area is 195 Å². The lowest BCUT2D eigenvalue weighted by Gasteiger charge is -2.32. The third kappa shape index (κ3) is 7.71. The van der Waals surface area contributed by atoms with Crippen molar-refractivity contribution in [1.82, 2.24) is 10.2 Å². The van der Waals surface area contributed by atoms with E-state index in [1.54, 1.807) is 6.92 Å². The fourth-order valence-corrected chi connectivity index (χ4v) is 4.56. The Morgan fingerprint density at radius 2 is 1.87 bits per heavy atom. The monoisotopic (exact) mass is 462 g/mol. The van der Waals surface area contributed by atoms with E-state index in [1.807, 2.05) is 18.2 Å². The highest BCUT2D eigenvalue weighted by atomic mass is 35.5. The van der Waals surface area contributed by atoms with Crippen LogP contribution in [0.4, 0.5) is 4.79 Å². The smallest absolute Gasteiger partial charge is 0.407 e. The lowest BCUT2D eigenvalue weighted by Crippen LogP contribution is -2.33. The van der Waals surface area contributed by atoms with Crippen molar-refractivity contribution in [3.63, 3.8) is 0 Å². The van der Waals surface area contributed by atoms with E-state index >= 15 is 0 Å². The quantitative estimate of drug-likeness (QED) is 0.461. The van der Waals surface area contributed by atoms with E-state index in [4.69, 9.17) is 27.9 Å². The van der Waals surface area contributed by atoms with Gasteiger partial charge in [-0.05, 0) is 74.9 Å². The molecule has 2 aromatic carbocycles. The van der Waals surface area contributed by atoms with Crippen molar-refractivity contribution < 1.29 is 9.53 Å². The van der Waals surface area contributed by atoms with Crippen molar-refractivity contribution in [1.29, 1.82) is 0 Å². The predicted molar refractivity (Wildman–Crippen MR) is 128 cm³/mol. The molecule has 1 atom stereocenters. The van der Waals surface area contributed by atoms with Gasteiger partial charge in [0, 0.05) is 19.0 Å². The van der Waals surface area contributed by atoms with Crippen LogP contribution in [0.5, 0.6) is 0 Å². The molecule has 0 aliphatic carbocycles. The third-order valence-corrected chi connectivity index (χ3v) is 6.80. The number of ether oxygens (including phenoxy) is 1. The standard InChI is InChI=1S/C25H32Cl2N2O2/c1-2-31-25(30)28-17-22(21-10-11-23(26)24(27)16-21)9-8-19-12-14-29(15-13-19)18-20-6-4-3-5-7-20/h3-7,10-11,16,19,22H,2,8-9,12-15,17-18H2,1H3,(H,28,30). The number of carbonyl (C=O) groups is 1. The Kier molecular flexibility index (Phi) is 9.51. The number of nitrogens with one attached hydrogen (secondary N) is 1. The number of carbonyl (C=O) groups excluding carboxylic acids is 1. The Hall–Kier alpha value is -1.75. The maximum absolute atomic E-state index is 11.8. The van der Waals surface area contributed by atoms with Crippen LogP contribution in [0.1, 0.15) is 49.7 Å². The molecule has 31 heavy (non-hydrogen) atoms. The molecule has 0 saturated carbocycles. The molecular weight excluding hydrogens is 431 g/mol. The van der Waals surface area contributed by atoms with Crippen molar-refractivity contribution in [2.45, 2.75) is 45.1 Å². The van der Waals surface area contributed by atoms with E-state index in [0.717, 1.165) is 38.0 Å². The Morgan fingerprint density at radius 1 is 1.13 bits per heavy atom. The first-order chi connectivity index (χ1) is 15.0. The summed E-state index contributed by atoms with van der Waals surface area (Å²) in [5, 5.41) is 3.99. The summed E-state index contributed by atoms with van der Waals surface area (Å²) in [4.78, 5) is 14.4. The number of hydrogen-bond donors (Lipinski definition) is 1. The summed E-state index contributed by atoms with van der Waals surface area (Å²) in [6.45, 7) is 6.01. The summed E-state index contributed by atoms with van der Waals surface area (Å²) in [5.41, 5.74) is 2.48. The van der Waals surface area contributed by atoms with Crippen molar-refractivity contribution in [2.75, 3.05) is 26.2 Å². The van der Waals surface area contributed by atoms with Gasteiger partial charge in [0.2, 0.25) is 0 Å². The van der Waals surface area contributed by atoms with Crippen LogP contribution in [0.25, 0.3) is 0 Å². The molecule has 0 radical (unpaired) electrons. The first kappa shape index (κ1) is 23.9. The van der Waals surface area contributed by atoms with Crippen molar-refractivity contribution in [3.05, 3.63) is 69.7 Å². The molecule has 1 unspecified atom stereocenters. The topological polar surface area (TPSA) is 41.6 Å². The summed E-state index contributed by atoms with van der Waals surface area (Å²) in [7, 11) is 0. The minimum absolute atomic E-state index is 0.182. The van der Waals surface area contributed by atoms with Crippen LogP contribution in [0, 0.1) is 5.92 Å². The molecule has 3 rings (SSSR count). The van der Waals surface area contributed by atoms with Crippen LogP contribution in [0.2, 0.25) is 10.0 Å². The van der Waals surface area contributed by atoms with E-state index in [9.17, 15) is 4.79 Å². The SMILES string of the molecule is CCOC(=O)NCC(CCC1CCN(Cc2ccccc2)CC1)c1ccc(Cl)c(Cl)c1. The fraction of sp³-hybridized carbons (Fsp3) is 0.480. The maximum atomic E-state index is 11.8. The zero-order valence-electron chi connectivity index (χ0n) is 18.2. The van der Waals surface area contributed by atoms with E-state index in [-0.39, 0.29) is 12.0 Å². The van der Waals surface area contributed by atoms with Gasteiger partial charge >= 0.3 is 6.09 Å². The highest BCUT2D eigenvalue weighted by Crippen LogP contribution is 2.31. The van der Waals surface area contributed by atoms with Gasteiger partial charge in [-0.25, -0.2) is 4.79 Å². The first-order valence-electron chi connectivity index (χ1n) is 11.2. The summed E-state index contributed by atoms with van der Waals surface area (Å²) in [6.07, 6.45) is 4.18. The largest absolute Gasteiger partial charge is 0.450 e. The van der Waals surface area contributed by atoms with Crippen LogP contribution in [0.3, 0.4) is 0 Å². The number of halogens is 2. The molecular formula is C25H32Cl2N2O2. The van der Waals surface area contributed by atoms with E-state index in [1.165, 1.54) is 18.4 Å². The van der Waals surface area contributed by atoms with Crippen LogP contribution in [0.15, 0.2) is 48.5 Å². The van der Waals surface area contributed by atoms with Gasteiger partial charge in [0.1, 0.15) is 0 Å². The summed E-state index contributed by atoms with van der Waals surface area (Å²) < 4.78 is 5.02. The molecule has 0 bridgehead atoms. The van der Waals surface area contributed by atoms with Crippen molar-refractivity contribution in [2.24, 2.45) is 5.92 Å². The molecule has 1 saturated heterocycles. The molecule has 1 aliphatic heterocycles. The third-order valence-electron chi connectivity index (χ3n) is 6.06. The average Bonchev–Trinajstić information content (AvgIpc) is 2.78. The fourth-order valence-electron chi connectivity index (χ4n) is 4.25. The van der Waals surface area contributed by atoms with E-state index < -0.39 is 0 Å². The molecule has 4 nitrogen and oxygen atoms in total. The van der Waals surface area contributed by atoms with Crippen molar-refractivity contribution >= 4 is 29.3 Å². The molecule has 0 aromatic heterocycles. The number of benzene rings is 2. The molecule has 1 amide bonds. The molecule has 0 spiro atoms. The Balaban J connectivity index is 1.52. The highest BCUT2D eigenvalue weighted by Gasteiger charge is 2.22. The number of nitrogens with zero attached hydrogens (tertiary/aromatic N) is 1. The predicted octanol–water partition coefficient (Wildman–Crippen LogP) is 6.52. The number of rotatable bonds is 9. The molecule has 168 valence electrons. The first-order valence-corrected chi connectivity index (χ1v) is 11.9. The van der Waals surface area contributed by atoms with Crippen molar-refractivity contribution in [3.8, 4) is 0 Å². The lowest BCUT2D eigenvalue weighted by atomic mass is 9.86. The molecule has 1 aliphatic rings. The number of piperidine rings is 1. The van der Waals surface area contributed by atoms with Gasteiger partial charge in [-0.3, -0.25) is 4.90 Å². The van der Waals surface area contributed by atoms with E-state index in [0.29, 0.717) is 29.1 Å². The van der Waals surface area contributed by atoms with Gasteiger partial charge < -0.3 is 10.1 Å². The number of hydrogen-bond acceptors (Lipinski definition) is 3. The number of amides is 1. The van der Waals surface area contributed by atoms with Gasteiger partial charge in [-0.2, -0.15) is 0 Å². The van der Waals surface area contributed by atoms with Crippen LogP contribution < -0.4 is 5.32 Å².